The number of thiophene rings is 1. The van der Waals surface area contributed by atoms with Gasteiger partial charge in [0.25, 0.3) is 0 Å². The standard InChI is InChI=1S/C33H33N2S.Ir/c1-4-12-23(13-5-1)27-22-28(24-14-6-2-7-15-24)32-30(26-18-10-11-19-29(26)36-32)31(27)35-21-20-34-33(35)25-16-8-3-9-17-25;/h3,8-11,16,18-24H,1-2,4-7,12-15H2;/q-1;. The zero-order valence-electron chi connectivity index (χ0n) is 21.2. The van der Waals surface area contributed by atoms with Crippen LogP contribution in [0, 0.1) is 6.07 Å². The molecule has 0 unspecified atom stereocenters. The molecule has 5 aromatic rings. The quantitative estimate of drug-likeness (QED) is 0.173. The Labute approximate surface area is 237 Å². The molecule has 2 aromatic heterocycles. The summed E-state index contributed by atoms with van der Waals surface area (Å²) in [5, 5.41) is 2.85. The van der Waals surface area contributed by atoms with Crippen molar-refractivity contribution in [2.75, 3.05) is 0 Å². The Morgan fingerprint density at radius 3 is 2.24 bits per heavy atom. The second-order valence-corrected chi connectivity index (χ2v) is 11.8. The third-order valence-corrected chi connectivity index (χ3v) is 9.82. The normalized spacial score (nSPS) is 17.3. The number of rotatable bonds is 4. The number of hydrogen-bond acceptors (Lipinski definition) is 2. The van der Waals surface area contributed by atoms with Crippen molar-refractivity contribution >= 4 is 31.5 Å². The van der Waals surface area contributed by atoms with Crippen LogP contribution in [0.3, 0.4) is 0 Å². The molecule has 37 heavy (non-hydrogen) atoms. The van der Waals surface area contributed by atoms with Gasteiger partial charge in [0.05, 0.1) is 11.5 Å². The van der Waals surface area contributed by atoms with Gasteiger partial charge in [0, 0.05) is 52.7 Å². The van der Waals surface area contributed by atoms with E-state index in [0.717, 1.165) is 11.4 Å². The Kier molecular flexibility index (Phi) is 7.34. The van der Waals surface area contributed by atoms with Crippen LogP contribution in [0.4, 0.5) is 0 Å². The van der Waals surface area contributed by atoms with E-state index < -0.39 is 0 Å². The summed E-state index contributed by atoms with van der Waals surface area (Å²) in [6.07, 6.45) is 17.6. The van der Waals surface area contributed by atoms with E-state index in [-0.39, 0.29) is 20.1 Å². The van der Waals surface area contributed by atoms with E-state index in [9.17, 15) is 0 Å². The van der Waals surface area contributed by atoms with Gasteiger partial charge < -0.3 is 4.57 Å². The van der Waals surface area contributed by atoms with Crippen LogP contribution in [0.1, 0.15) is 87.2 Å². The van der Waals surface area contributed by atoms with Gasteiger partial charge >= 0.3 is 0 Å². The number of imidazole rings is 1. The van der Waals surface area contributed by atoms with Crippen molar-refractivity contribution in [2.24, 2.45) is 0 Å². The van der Waals surface area contributed by atoms with Crippen molar-refractivity contribution in [1.29, 1.82) is 0 Å². The van der Waals surface area contributed by atoms with Crippen LogP contribution in [-0.2, 0) is 20.1 Å². The molecule has 2 nitrogen and oxygen atoms in total. The van der Waals surface area contributed by atoms with E-state index in [2.05, 4.69) is 59.3 Å². The maximum Gasteiger partial charge on any atom is 0.0602 e. The molecule has 191 valence electrons. The summed E-state index contributed by atoms with van der Waals surface area (Å²) in [7, 11) is 0. The largest absolute Gasteiger partial charge is 0.339 e. The van der Waals surface area contributed by atoms with E-state index in [1.54, 1.807) is 11.1 Å². The maximum absolute atomic E-state index is 4.87. The molecular weight excluding hydrogens is 649 g/mol. The molecule has 2 saturated carbocycles. The molecule has 2 aliphatic carbocycles. The first-order valence-electron chi connectivity index (χ1n) is 13.9. The van der Waals surface area contributed by atoms with Gasteiger partial charge in [-0.05, 0) is 54.7 Å². The maximum atomic E-state index is 4.87. The molecule has 7 rings (SSSR count). The van der Waals surface area contributed by atoms with Crippen molar-refractivity contribution in [3.63, 3.8) is 0 Å². The average molecular weight is 682 g/mol. The van der Waals surface area contributed by atoms with Crippen molar-refractivity contribution in [1.82, 2.24) is 9.55 Å². The first-order chi connectivity index (χ1) is 17.9. The van der Waals surface area contributed by atoms with Gasteiger partial charge in [-0.25, -0.2) is 0 Å². The van der Waals surface area contributed by atoms with Crippen molar-refractivity contribution in [3.8, 4) is 17.1 Å². The molecule has 2 aliphatic rings. The van der Waals surface area contributed by atoms with Gasteiger partial charge in [0.1, 0.15) is 0 Å². The van der Waals surface area contributed by atoms with E-state index in [4.69, 9.17) is 4.98 Å². The third-order valence-electron chi connectivity index (χ3n) is 8.60. The van der Waals surface area contributed by atoms with E-state index in [0.29, 0.717) is 11.8 Å². The molecule has 2 fully saturated rings. The topological polar surface area (TPSA) is 17.8 Å². The number of hydrogen-bond donors (Lipinski definition) is 0. The molecule has 3 aromatic carbocycles. The minimum Gasteiger partial charge on any atom is -0.339 e. The molecule has 0 N–H and O–H groups in total. The molecule has 0 atom stereocenters. The van der Waals surface area contributed by atoms with E-state index in [1.165, 1.54) is 90.1 Å². The molecule has 0 bridgehead atoms. The predicted octanol–water partition coefficient (Wildman–Crippen LogP) is 9.80. The van der Waals surface area contributed by atoms with Crippen LogP contribution in [0.2, 0.25) is 0 Å². The van der Waals surface area contributed by atoms with Crippen LogP contribution in [0.5, 0.6) is 0 Å². The fraction of sp³-hybridized carbons (Fsp3) is 0.364. The van der Waals surface area contributed by atoms with Crippen LogP contribution in [0.15, 0.2) is 67.0 Å². The summed E-state index contributed by atoms with van der Waals surface area (Å²) in [5.41, 5.74) is 5.62. The first kappa shape index (κ1) is 25.0. The van der Waals surface area contributed by atoms with Crippen molar-refractivity contribution < 1.29 is 20.1 Å². The van der Waals surface area contributed by atoms with Gasteiger partial charge in [-0.2, -0.15) is 0 Å². The molecular formula is C33H33IrN2S-. The molecule has 0 saturated heterocycles. The summed E-state index contributed by atoms with van der Waals surface area (Å²) < 4.78 is 5.30. The van der Waals surface area contributed by atoms with Gasteiger partial charge in [-0.3, -0.25) is 4.98 Å². The Balaban J connectivity index is 0.00000252. The van der Waals surface area contributed by atoms with Crippen molar-refractivity contribution in [3.05, 3.63) is 84.2 Å². The Morgan fingerprint density at radius 1 is 0.811 bits per heavy atom. The number of aromatic nitrogens is 2. The van der Waals surface area contributed by atoms with Crippen LogP contribution in [0.25, 0.3) is 37.2 Å². The first-order valence-corrected chi connectivity index (χ1v) is 14.7. The fourth-order valence-electron chi connectivity index (χ4n) is 6.85. The smallest absolute Gasteiger partial charge is 0.0602 e. The zero-order valence-corrected chi connectivity index (χ0v) is 24.4. The summed E-state index contributed by atoms with van der Waals surface area (Å²) in [4.78, 5) is 4.87. The second kappa shape index (κ2) is 10.8. The molecule has 0 aliphatic heterocycles. The molecule has 2 heterocycles. The SMILES string of the molecule is [Ir].[c-]1ccccc1-c1nccn1-c1c(C2CCCCC2)cc(C2CCCCC2)c2sc3ccccc3c12. The molecule has 0 amide bonds. The summed E-state index contributed by atoms with van der Waals surface area (Å²) >= 11 is 2.01. The number of benzene rings is 3. The monoisotopic (exact) mass is 682 g/mol. The number of nitrogens with zero attached hydrogens (tertiary/aromatic N) is 2. The molecule has 0 spiro atoms. The van der Waals surface area contributed by atoms with Crippen LogP contribution in [-0.4, -0.2) is 9.55 Å². The summed E-state index contributed by atoms with van der Waals surface area (Å²) in [6.45, 7) is 0. The predicted molar refractivity (Wildman–Crippen MR) is 152 cm³/mol. The molecule has 1 radical (unpaired) electrons. The summed E-state index contributed by atoms with van der Waals surface area (Å²) in [6, 6.07) is 23.4. The van der Waals surface area contributed by atoms with Gasteiger partial charge in [-0.15, -0.1) is 47.2 Å². The average Bonchev–Trinajstić information content (AvgIpc) is 3.59. The molecule has 4 heteroatoms. The van der Waals surface area contributed by atoms with Crippen LogP contribution < -0.4 is 0 Å². The van der Waals surface area contributed by atoms with Gasteiger partial charge in [0.2, 0.25) is 0 Å². The van der Waals surface area contributed by atoms with Crippen molar-refractivity contribution in [2.45, 2.75) is 76.0 Å². The second-order valence-electron chi connectivity index (χ2n) is 10.8. The Bertz CT molecular complexity index is 1500. The minimum atomic E-state index is 0. The van der Waals surface area contributed by atoms with Gasteiger partial charge in [-0.1, -0.05) is 62.8 Å². The Hall–Kier alpha value is -2.26. The minimum absolute atomic E-state index is 0. The fourth-order valence-corrected chi connectivity index (χ4v) is 8.15. The third kappa shape index (κ3) is 4.52. The van der Waals surface area contributed by atoms with Gasteiger partial charge in [0.15, 0.2) is 0 Å². The van der Waals surface area contributed by atoms with Crippen LogP contribution >= 0.6 is 11.3 Å². The van der Waals surface area contributed by atoms with E-state index >= 15 is 0 Å². The van der Waals surface area contributed by atoms with E-state index in [1.807, 2.05) is 29.7 Å². The number of fused-ring (bicyclic) bond motifs is 3. The summed E-state index contributed by atoms with van der Waals surface area (Å²) in [5.74, 6) is 2.30. The Morgan fingerprint density at radius 2 is 1.51 bits per heavy atom. The zero-order chi connectivity index (χ0) is 23.9.